The highest BCUT2D eigenvalue weighted by molar-refractivity contribution is 6.04. The van der Waals surface area contributed by atoms with Crippen molar-refractivity contribution < 1.29 is 14.3 Å². The van der Waals surface area contributed by atoms with E-state index in [0.717, 1.165) is 5.56 Å². The molecule has 3 rings (SSSR count). The lowest BCUT2D eigenvalue weighted by molar-refractivity contribution is 0.102. The molecule has 26 heavy (non-hydrogen) atoms. The van der Waals surface area contributed by atoms with Crippen molar-refractivity contribution in [2.24, 2.45) is 0 Å². The van der Waals surface area contributed by atoms with Crippen LogP contribution in [0.5, 0.6) is 0 Å². The molecule has 2 N–H and O–H groups in total. The summed E-state index contributed by atoms with van der Waals surface area (Å²) in [5.41, 5.74) is 3.39. The molecule has 0 spiro atoms. The minimum atomic E-state index is -0.155. The number of carbonyl (C=O) groups excluding carboxylic acids is 1. The highest BCUT2D eigenvalue weighted by Gasteiger charge is 2.14. The topological polar surface area (TPSA) is 62.5 Å². The lowest BCUT2D eigenvalue weighted by Gasteiger charge is -2.19. The van der Waals surface area contributed by atoms with Crippen molar-refractivity contribution in [2.75, 3.05) is 5.32 Å². The van der Waals surface area contributed by atoms with Crippen LogP contribution in [0.15, 0.2) is 65.1 Å². The minimum Gasteiger partial charge on any atom is -0.459 e. The Kier molecular flexibility index (Phi) is 4.96. The van der Waals surface area contributed by atoms with Crippen LogP contribution in [0.2, 0.25) is 0 Å². The van der Waals surface area contributed by atoms with Gasteiger partial charge in [-0.05, 0) is 47.4 Å². The van der Waals surface area contributed by atoms with Gasteiger partial charge in [-0.15, -0.1) is 0 Å². The predicted molar refractivity (Wildman–Crippen MR) is 103 cm³/mol. The first kappa shape index (κ1) is 18.0. The largest absolute Gasteiger partial charge is 0.459 e. The molecule has 1 amide bonds. The summed E-state index contributed by atoms with van der Waals surface area (Å²) < 4.78 is 5.55. The number of hydrogen-bond acceptors (Lipinski definition) is 3. The highest BCUT2D eigenvalue weighted by Crippen LogP contribution is 2.26. The Morgan fingerprint density at radius 3 is 2.38 bits per heavy atom. The Bertz CT molecular complexity index is 902. The first-order valence-corrected chi connectivity index (χ1v) is 8.59. The number of amides is 1. The lowest BCUT2D eigenvalue weighted by Crippen LogP contribution is -2.14. The van der Waals surface area contributed by atoms with E-state index in [1.54, 1.807) is 12.1 Å². The van der Waals surface area contributed by atoms with Crippen LogP contribution in [0, 0.1) is 0 Å². The van der Waals surface area contributed by atoms with Crippen molar-refractivity contribution in [3.05, 3.63) is 77.6 Å². The van der Waals surface area contributed by atoms with Gasteiger partial charge in [0.05, 0.1) is 0 Å². The van der Waals surface area contributed by atoms with Crippen molar-refractivity contribution in [3.8, 4) is 11.3 Å². The molecule has 134 valence electrons. The molecule has 3 aromatic rings. The van der Waals surface area contributed by atoms with E-state index in [1.807, 2.05) is 48.5 Å². The van der Waals surface area contributed by atoms with Gasteiger partial charge in [-0.3, -0.25) is 4.79 Å². The van der Waals surface area contributed by atoms with Crippen molar-refractivity contribution in [1.82, 2.24) is 0 Å². The fourth-order valence-electron chi connectivity index (χ4n) is 2.69. The average Bonchev–Trinajstić information content (AvgIpc) is 3.10. The summed E-state index contributed by atoms with van der Waals surface area (Å²) >= 11 is 0. The van der Waals surface area contributed by atoms with Crippen LogP contribution in [0.1, 0.15) is 42.5 Å². The zero-order valence-corrected chi connectivity index (χ0v) is 15.2. The molecule has 0 saturated heterocycles. The molecule has 2 aromatic carbocycles. The molecular weight excluding hydrogens is 326 g/mol. The van der Waals surface area contributed by atoms with Crippen LogP contribution in [0.25, 0.3) is 11.3 Å². The van der Waals surface area contributed by atoms with Gasteiger partial charge in [0.25, 0.3) is 5.91 Å². The number of anilines is 1. The second kappa shape index (κ2) is 7.18. The Balaban J connectivity index is 1.76. The zero-order valence-electron chi connectivity index (χ0n) is 15.2. The molecule has 0 unspecified atom stereocenters. The first-order valence-electron chi connectivity index (χ1n) is 8.59. The first-order chi connectivity index (χ1) is 12.4. The SMILES string of the molecule is CC(C)(C)c1ccc(C(=O)Nc2cccc(-c3ccc(CO)o3)c2)cc1. The number of benzene rings is 2. The van der Waals surface area contributed by atoms with Crippen LogP contribution in [-0.4, -0.2) is 11.0 Å². The monoisotopic (exact) mass is 349 g/mol. The number of aliphatic hydroxyl groups excluding tert-OH is 1. The van der Waals surface area contributed by atoms with Gasteiger partial charge in [-0.2, -0.15) is 0 Å². The number of rotatable bonds is 4. The molecule has 1 aromatic heterocycles. The molecule has 0 aliphatic carbocycles. The van der Waals surface area contributed by atoms with Crippen molar-refractivity contribution in [1.29, 1.82) is 0 Å². The standard InChI is InChI=1S/C22H23NO3/c1-22(2,3)17-9-7-15(8-10-17)21(25)23-18-6-4-5-16(13-18)20-12-11-19(14-24)26-20/h4-13,24H,14H2,1-3H3,(H,23,25). The van der Waals surface area contributed by atoms with Gasteiger partial charge >= 0.3 is 0 Å². The molecule has 0 radical (unpaired) electrons. The van der Waals surface area contributed by atoms with Gasteiger partial charge in [0.2, 0.25) is 0 Å². The number of aliphatic hydroxyl groups is 1. The number of nitrogens with one attached hydrogen (secondary N) is 1. The normalized spacial score (nSPS) is 11.4. The van der Waals surface area contributed by atoms with Crippen LogP contribution in [-0.2, 0) is 12.0 Å². The van der Waals surface area contributed by atoms with E-state index in [9.17, 15) is 4.79 Å². The summed E-state index contributed by atoms with van der Waals surface area (Å²) in [6.45, 7) is 6.29. The van der Waals surface area contributed by atoms with Gasteiger partial charge in [0.1, 0.15) is 18.1 Å². The maximum atomic E-state index is 12.5. The molecule has 0 atom stereocenters. The summed E-state index contributed by atoms with van der Waals surface area (Å²) in [5, 5.41) is 12.0. The van der Waals surface area contributed by atoms with Gasteiger partial charge in [0.15, 0.2) is 0 Å². The summed E-state index contributed by atoms with van der Waals surface area (Å²) in [7, 11) is 0. The van der Waals surface area contributed by atoms with Crippen LogP contribution < -0.4 is 5.32 Å². The number of furan rings is 1. The number of carbonyl (C=O) groups is 1. The third-order valence-electron chi connectivity index (χ3n) is 4.24. The Hall–Kier alpha value is -2.85. The molecule has 0 aliphatic rings. The van der Waals surface area contributed by atoms with Crippen LogP contribution in [0.4, 0.5) is 5.69 Å². The Labute approximate surface area is 153 Å². The maximum Gasteiger partial charge on any atom is 0.255 e. The predicted octanol–water partition coefficient (Wildman–Crippen LogP) is 4.99. The second-order valence-corrected chi connectivity index (χ2v) is 7.29. The summed E-state index contributed by atoms with van der Waals surface area (Å²) in [4.78, 5) is 12.5. The van der Waals surface area contributed by atoms with Gasteiger partial charge in [-0.1, -0.05) is 45.0 Å². The van der Waals surface area contributed by atoms with Gasteiger partial charge in [0, 0.05) is 16.8 Å². The van der Waals surface area contributed by atoms with Crippen molar-refractivity contribution in [3.63, 3.8) is 0 Å². The van der Waals surface area contributed by atoms with Crippen molar-refractivity contribution in [2.45, 2.75) is 32.8 Å². The molecule has 1 heterocycles. The quantitative estimate of drug-likeness (QED) is 0.697. The molecule has 0 fully saturated rings. The Morgan fingerprint density at radius 1 is 1.04 bits per heavy atom. The summed E-state index contributed by atoms with van der Waals surface area (Å²) in [6.07, 6.45) is 0. The number of hydrogen-bond donors (Lipinski definition) is 2. The maximum absolute atomic E-state index is 12.5. The third-order valence-corrected chi connectivity index (χ3v) is 4.24. The lowest BCUT2D eigenvalue weighted by atomic mass is 9.87. The van der Waals surface area contributed by atoms with E-state index in [1.165, 1.54) is 5.56 Å². The van der Waals surface area contributed by atoms with Gasteiger partial charge in [-0.25, -0.2) is 0 Å². The molecular formula is C22H23NO3. The van der Waals surface area contributed by atoms with E-state index in [2.05, 4.69) is 26.1 Å². The van der Waals surface area contributed by atoms with Crippen LogP contribution >= 0.6 is 0 Å². The van der Waals surface area contributed by atoms with E-state index in [4.69, 9.17) is 9.52 Å². The molecule has 0 bridgehead atoms. The van der Waals surface area contributed by atoms with E-state index < -0.39 is 0 Å². The fourth-order valence-corrected chi connectivity index (χ4v) is 2.69. The molecule has 4 heteroatoms. The van der Waals surface area contributed by atoms with Crippen LogP contribution in [0.3, 0.4) is 0 Å². The minimum absolute atomic E-state index is 0.0554. The summed E-state index contributed by atoms with van der Waals surface area (Å²) in [5.74, 6) is 1.01. The van der Waals surface area contributed by atoms with Gasteiger partial charge < -0.3 is 14.8 Å². The van der Waals surface area contributed by atoms with E-state index in [-0.39, 0.29) is 17.9 Å². The van der Waals surface area contributed by atoms with E-state index in [0.29, 0.717) is 22.8 Å². The zero-order chi connectivity index (χ0) is 18.7. The van der Waals surface area contributed by atoms with E-state index >= 15 is 0 Å². The fraction of sp³-hybridized carbons (Fsp3) is 0.227. The third kappa shape index (κ3) is 4.03. The summed E-state index contributed by atoms with van der Waals surface area (Å²) in [6, 6.07) is 18.6. The van der Waals surface area contributed by atoms with Crippen molar-refractivity contribution >= 4 is 11.6 Å². The molecule has 0 aliphatic heterocycles. The smallest absolute Gasteiger partial charge is 0.255 e. The molecule has 4 nitrogen and oxygen atoms in total. The Morgan fingerprint density at radius 2 is 1.77 bits per heavy atom. The highest BCUT2D eigenvalue weighted by atomic mass is 16.4. The second-order valence-electron chi connectivity index (χ2n) is 7.29. The average molecular weight is 349 g/mol. The molecule has 0 saturated carbocycles.